The van der Waals surface area contributed by atoms with Crippen molar-refractivity contribution in [2.45, 2.75) is 6.92 Å². The first-order valence-electron chi connectivity index (χ1n) is 5.74. The van der Waals surface area contributed by atoms with Gasteiger partial charge in [-0.25, -0.2) is 4.39 Å². The maximum atomic E-state index is 12.9. The monoisotopic (exact) mass is 246 g/mol. The molecule has 4 heteroatoms. The zero-order chi connectivity index (χ0) is 13.0. The molecule has 0 spiro atoms. The summed E-state index contributed by atoms with van der Waals surface area (Å²) >= 11 is 0. The third kappa shape index (κ3) is 2.91. The average Bonchev–Trinajstić information content (AvgIpc) is 2.34. The molecule has 0 saturated carbocycles. The highest BCUT2D eigenvalue weighted by Gasteiger charge is 2.02. The second kappa shape index (κ2) is 5.40. The number of anilines is 3. The van der Waals surface area contributed by atoms with Crippen molar-refractivity contribution in [1.29, 1.82) is 0 Å². The maximum absolute atomic E-state index is 12.9. The number of hydrogen-bond acceptors (Lipinski definition) is 3. The van der Waals surface area contributed by atoms with Crippen LogP contribution < -0.4 is 15.8 Å². The fourth-order valence-electron chi connectivity index (χ4n) is 1.63. The van der Waals surface area contributed by atoms with Crippen LogP contribution in [0.5, 0.6) is 5.75 Å². The van der Waals surface area contributed by atoms with Crippen molar-refractivity contribution in [2.75, 3.05) is 17.7 Å². The highest BCUT2D eigenvalue weighted by Crippen LogP contribution is 2.25. The SMILES string of the molecule is CCOc1cccc(Nc2ccc(F)cc2N)c1. The Bertz CT molecular complexity index is 543. The fourth-order valence-corrected chi connectivity index (χ4v) is 1.63. The van der Waals surface area contributed by atoms with Crippen molar-refractivity contribution >= 4 is 17.1 Å². The minimum atomic E-state index is -0.346. The van der Waals surface area contributed by atoms with E-state index in [1.165, 1.54) is 12.1 Å². The zero-order valence-electron chi connectivity index (χ0n) is 10.1. The van der Waals surface area contributed by atoms with Gasteiger partial charge in [0.05, 0.1) is 18.0 Å². The van der Waals surface area contributed by atoms with Gasteiger partial charge in [-0.3, -0.25) is 0 Å². The van der Waals surface area contributed by atoms with E-state index in [9.17, 15) is 4.39 Å². The Balaban J connectivity index is 2.20. The highest BCUT2D eigenvalue weighted by atomic mass is 19.1. The summed E-state index contributed by atoms with van der Waals surface area (Å²) in [7, 11) is 0. The number of halogens is 1. The number of nitrogens with one attached hydrogen (secondary N) is 1. The molecule has 94 valence electrons. The molecule has 0 aliphatic heterocycles. The molecule has 0 aliphatic carbocycles. The number of benzene rings is 2. The Hall–Kier alpha value is -2.23. The van der Waals surface area contributed by atoms with Gasteiger partial charge < -0.3 is 15.8 Å². The average molecular weight is 246 g/mol. The summed E-state index contributed by atoms with van der Waals surface area (Å²) in [6.07, 6.45) is 0. The van der Waals surface area contributed by atoms with Gasteiger partial charge in [0.25, 0.3) is 0 Å². The van der Waals surface area contributed by atoms with Gasteiger partial charge in [0, 0.05) is 11.8 Å². The van der Waals surface area contributed by atoms with E-state index in [1.807, 2.05) is 31.2 Å². The van der Waals surface area contributed by atoms with Crippen LogP contribution in [0, 0.1) is 5.82 Å². The van der Waals surface area contributed by atoms with E-state index < -0.39 is 0 Å². The molecular weight excluding hydrogens is 231 g/mol. The molecule has 2 rings (SSSR count). The number of rotatable bonds is 4. The molecule has 0 aliphatic rings. The molecule has 0 aromatic heterocycles. The van der Waals surface area contributed by atoms with Crippen LogP contribution in [-0.2, 0) is 0 Å². The molecule has 3 N–H and O–H groups in total. The molecule has 2 aromatic carbocycles. The van der Waals surface area contributed by atoms with E-state index in [2.05, 4.69) is 5.32 Å². The first-order valence-corrected chi connectivity index (χ1v) is 5.74. The Morgan fingerprint density at radius 1 is 1.22 bits per heavy atom. The van der Waals surface area contributed by atoms with Crippen molar-refractivity contribution in [3.05, 3.63) is 48.3 Å². The fraction of sp³-hybridized carbons (Fsp3) is 0.143. The van der Waals surface area contributed by atoms with E-state index in [1.54, 1.807) is 6.07 Å². The van der Waals surface area contributed by atoms with Crippen LogP contribution >= 0.6 is 0 Å². The van der Waals surface area contributed by atoms with E-state index in [0.29, 0.717) is 18.0 Å². The smallest absolute Gasteiger partial charge is 0.125 e. The van der Waals surface area contributed by atoms with Crippen LogP contribution in [0.25, 0.3) is 0 Å². The maximum Gasteiger partial charge on any atom is 0.125 e. The van der Waals surface area contributed by atoms with E-state index >= 15 is 0 Å². The predicted molar refractivity (Wildman–Crippen MR) is 71.7 cm³/mol. The second-order valence-electron chi connectivity index (χ2n) is 3.82. The lowest BCUT2D eigenvalue weighted by Gasteiger charge is -2.10. The van der Waals surface area contributed by atoms with Crippen LogP contribution in [0.1, 0.15) is 6.92 Å². The van der Waals surface area contributed by atoms with Crippen LogP contribution in [0.4, 0.5) is 21.5 Å². The van der Waals surface area contributed by atoms with Gasteiger partial charge in [0.15, 0.2) is 0 Å². The predicted octanol–water partition coefficient (Wildman–Crippen LogP) is 3.55. The van der Waals surface area contributed by atoms with Crippen molar-refractivity contribution in [1.82, 2.24) is 0 Å². The van der Waals surface area contributed by atoms with Gasteiger partial charge in [-0.2, -0.15) is 0 Å². The van der Waals surface area contributed by atoms with Crippen LogP contribution in [-0.4, -0.2) is 6.61 Å². The van der Waals surface area contributed by atoms with Crippen molar-refractivity contribution in [2.24, 2.45) is 0 Å². The van der Waals surface area contributed by atoms with Crippen LogP contribution in [0.3, 0.4) is 0 Å². The Kier molecular flexibility index (Phi) is 3.67. The van der Waals surface area contributed by atoms with Gasteiger partial charge in [-0.05, 0) is 37.3 Å². The lowest BCUT2D eigenvalue weighted by molar-refractivity contribution is 0.340. The Morgan fingerprint density at radius 2 is 2.06 bits per heavy atom. The van der Waals surface area contributed by atoms with Gasteiger partial charge in [-0.15, -0.1) is 0 Å². The third-order valence-corrected chi connectivity index (χ3v) is 2.44. The highest BCUT2D eigenvalue weighted by molar-refractivity contribution is 5.72. The van der Waals surface area contributed by atoms with Crippen LogP contribution in [0.2, 0.25) is 0 Å². The van der Waals surface area contributed by atoms with Crippen molar-refractivity contribution < 1.29 is 9.13 Å². The summed E-state index contributed by atoms with van der Waals surface area (Å²) in [5, 5.41) is 3.13. The van der Waals surface area contributed by atoms with Gasteiger partial charge >= 0.3 is 0 Å². The van der Waals surface area contributed by atoms with Gasteiger partial charge in [0.1, 0.15) is 11.6 Å². The third-order valence-electron chi connectivity index (χ3n) is 2.44. The molecule has 0 fully saturated rings. The number of ether oxygens (including phenoxy) is 1. The van der Waals surface area contributed by atoms with E-state index in [4.69, 9.17) is 10.5 Å². The Morgan fingerprint density at radius 3 is 2.78 bits per heavy atom. The molecule has 0 saturated heterocycles. The summed E-state index contributed by atoms with van der Waals surface area (Å²) < 4.78 is 18.3. The molecule has 0 heterocycles. The van der Waals surface area contributed by atoms with E-state index in [-0.39, 0.29) is 5.82 Å². The summed E-state index contributed by atoms with van der Waals surface area (Å²) in [6, 6.07) is 11.8. The Labute approximate surface area is 105 Å². The number of hydrogen-bond donors (Lipinski definition) is 2. The quantitative estimate of drug-likeness (QED) is 0.811. The summed E-state index contributed by atoms with van der Waals surface area (Å²) in [5.74, 6) is 0.435. The zero-order valence-corrected chi connectivity index (χ0v) is 10.1. The van der Waals surface area contributed by atoms with Crippen LogP contribution in [0.15, 0.2) is 42.5 Å². The minimum absolute atomic E-state index is 0.346. The normalized spacial score (nSPS) is 10.1. The molecule has 0 radical (unpaired) electrons. The molecule has 2 aromatic rings. The van der Waals surface area contributed by atoms with Gasteiger partial charge in [-0.1, -0.05) is 6.07 Å². The first-order chi connectivity index (χ1) is 8.69. The molecule has 0 unspecified atom stereocenters. The topological polar surface area (TPSA) is 47.3 Å². The minimum Gasteiger partial charge on any atom is -0.494 e. The summed E-state index contributed by atoms with van der Waals surface area (Å²) in [4.78, 5) is 0. The molecule has 3 nitrogen and oxygen atoms in total. The number of nitrogens with two attached hydrogens (primary N) is 1. The number of nitrogen functional groups attached to an aromatic ring is 1. The molecule has 18 heavy (non-hydrogen) atoms. The molecule has 0 atom stereocenters. The summed E-state index contributed by atoms with van der Waals surface area (Å²) in [6.45, 7) is 2.54. The van der Waals surface area contributed by atoms with Crippen molar-refractivity contribution in [3.63, 3.8) is 0 Å². The van der Waals surface area contributed by atoms with Crippen molar-refractivity contribution in [3.8, 4) is 5.75 Å². The van der Waals surface area contributed by atoms with E-state index in [0.717, 1.165) is 11.4 Å². The molecule has 0 bridgehead atoms. The lowest BCUT2D eigenvalue weighted by atomic mass is 10.2. The summed E-state index contributed by atoms with van der Waals surface area (Å²) in [5.41, 5.74) is 7.62. The largest absolute Gasteiger partial charge is 0.494 e. The second-order valence-corrected chi connectivity index (χ2v) is 3.82. The lowest BCUT2D eigenvalue weighted by Crippen LogP contribution is -1.97. The molecular formula is C14H15FN2O. The standard InChI is InChI=1S/C14H15FN2O/c1-2-18-12-5-3-4-11(9-12)17-14-7-6-10(15)8-13(14)16/h3-9,17H,2,16H2,1H3. The first kappa shape index (κ1) is 12.2. The molecule has 0 amide bonds. The van der Waals surface area contributed by atoms with Gasteiger partial charge in [0.2, 0.25) is 0 Å².